The number of hydrogen-bond donors (Lipinski definition) is 2. The van der Waals surface area contributed by atoms with Gasteiger partial charge in [-0.25, -0.2) is 9.59 Å². The lowest BCUT2D eigenvalue weighted by Crippen LogP contribution is -2.15. The Morgan fingerprint density at radius 2 is 0.694 bits per heavy atom. The first-order valence-corrected chi connectivity index (χ1v) is 11.8. The van der Waals surface area contributed by atoms with Gasteiger partial charge in [-0.3, -0.25) is 0 Å². The van der Waals surface area contributed by atoms with Crippen molar-refractivity contribution in [2.45, 2.75) is 0 Å². The van der Waals surface area contributed by atoms with Crippen molar-refractivity contribution in [3.63, 3.8) is 0 Å². The quantitative estimate of drug-likeness (QED) is 0.141. The van der Waals surface area contributed by atoms with Crippen molar-refractivity contribution in [2.24, 2.45) is 0 Å². The molecule has 2 N–H and O–H groups in total. The molecule has 0 radical (unpaired) electrons. The number of carbonyl (C=O) groups is 2. The molecule has 0 fully saturated rings. The molecule has 0 saturated heterocycles. The van der Waals surface area contributed by atoms with Crippen LogP contribution in [-0.4, -0.2) is 128 Å². The van der Waals surface area contributed by atoms with E-state index in [4.69, 9.17) is 48.1 Å². The van der Waals surface area contributed by atoms with Crippen LogP contribution in [-0.2, 0) is 37.9 Å². The number of aliphatic hydroxyl groups is 2. The molecule has 0 aliphatic carbocycles. The van der Waals surface area contributed by atoms with Gasteiger partial charge in [0.15, 0.2) is 0 Å². The second-order valence-electron chi connectivity index (χ2n) is 6.97. The van der Waals surface area contributed by atoms with E-state index < -0.39 is 11.9 Å². The average molecular weight is 519 g/mol. The van der Waals surface area contributed by atoms with Crippen molar-refractivity contribution in [1.29, 1.82) is 0 Å². The molecular weight excluding hydrogens is 480 g/mol. The SMILES string of the molecule is O=C(OCCOCCOCCOCCO)c1ccc(C(=O)OCCOCCOCCOCCO)cc1. The average Bonchev–Trinajstić information content (AvgIpc) is 2.90. The molecule has 0 saturated carbocycles. The number of ether oxygens (including phenoxy) is 8. The Morgan fingerprint density at radius 3 is 0.972 bits per heavy atom. The van der Waals surface area contributed by atoms with Gasteiger partial charge >= 0.3 is 11.9 Å². The number of hydrogen-bond acceptors (Lipinski definition) is 12. The number of aliphatic hydroxyl groups excluding tert-OH is 2. The predicted molar refractivity (Wildman–Crippen MR) is 126 cm³/mol. The van der Waals surface area contributed by atoms with Crippen LogP contribution in [0.3, 0.4) is 0 Å². The van der Waals surface area contributed by atoms with Gasteiger partial charge in [-0.1, -0.05) is 0 Å². The summed E-state index contributed by atoms with van der Waals surface area (Å²) in [6.07, 6.45) is 0. The van der Waals surface area contributed by atoms with E-state index in [-0.39, 0.29) is 52.9 Å². The normalized spacial score (nSPS) is 10.9. The Morgan fingerprint density at radius 1 is 0.444 bits per heavy atom. The molecule has 0 aromatic heterocycles. The molecule has 1 aromatic rings. The maximum Gasteiger partial charge on any atom is 0.338 e. The smallest absolute Gasteiger partial charge is 0.338 e. The highest BCUT2D eigenvalue weighted by Crippen LogP contribution is 2.07. The fourth-order valence-electron chi connectivity index (χ4n) is 2.51. The van der Waals surface area contributed by atoms with Crippen LogP contribution in [0, 0.1) is 0 Å². The van der Waals surface area contributed by atoms with Crippen molar-refractivity contribution in [2.75, 3.05) is 106 Å². The summed E-state index contributed by atoms with van der Waals surface area (Å²) >= 11 is 0. The third kappa shape index (κ3) is 17.3. The summed E-state index contributed by atoms with van der Waals surface area (Å²) in [4.78, 5) is 24.2. The molecule has 206 valence electrons. The standard InChI is InChI=1S/C24H38O12/c25-5-7-29-9-11-31-13-15-33-17-19-35-23(27)21-1-2-22(4-3-21)24(28)36-20-18-34-16-14-32-12-10-30-8-6-26/h1-4,25-26H,5-20H2. The van der Waals surface area contributed by atoms with Crippen LogP contribution >= 0.6 is 0 Å². The van der Waals surface area contributed by atoms with Gasteiger partial charge in [0.25, 0.3) is 0 Å². The van der Waals surface area contributed by atoms with E-state index in [9.17, 15) is 9.59 Å². The Bertz CT molecular complexity index is 611. The van der Waals surface area contributed by atoms with Crippen molar-refractivity contribution >= 4 is 11.9 Å². The zero-order valence-electron chi connectivity index (χ0n) is 20.6. The minimum absolute atomic E-state index is 0.0160. The molecule has 0 atom stereocenters. The third-order valence-electron chi connectivity index (χ3n) is 4.24. The van der Waals surface area contributed by atoms with E-state index in [1.54, 1.807) is 0 Å². The zero-order valence-corrected chi connectivity index (χ0v) is 20.6. The molecule has 0 aliphatic heterocycles. The van der Waals surface area contributed by atoms with E-state index in [1.165, 1.54) is 24.3 Å². The highest BCUT2D eigenvalue weighted by molar-refractivity contribution is 5.93. The summed E-state index contributed by atoms with van der Waals surface area (Å²) < 4.78 is 41.5. The maximum absolute atomic E-state index is 12.1. The monoisotopic (exact) mass is 518 g/mol. The van der Waals surface area contributed by atoms with Gasteiger partial charge in [-0.2, -0.15) is 0 Å². The second kappa shape index (κ2) is 23.3. The predicted octanol–water partition coefficient (Wildman–Crippen LogP) is 0.0844. The summed E-state index contributed by atoms with van der Waals surface area (Å²) in [5.41, 5.74) is 0.616. The van der Waals surface area contributed by atoms with Gasteiger partial charge in [-0.05, 0) is 24.3 Å². The summed E-state index contributed by atoms with van der Waals surface area (Å²) in [6.45, 7) is 4.30. The van der Waals surface area contributed by atoms with Crippen LogP contribution in [0.1, 0.15) is 20.7 Å². The fourth-order valence-corrected chi connectivity index (χ4v) is 2.51. The van der Waals surface area contributed by atoms with E-state index in [0.717, 1.165) is 0 Å². The second-order valence-corrected chi connectivity index (χ2v) is 6.97. The van der Waals surface area contributed by atoms with E-state index in [0.29, 0.717) is 64.0 Å². The van der Waals surface area contributed by atoms with E-state index in [1.807, 2.05) is 0 Å². The zero-order chi connectivity index (χ0) is 26.1. The van der Waals surface area contributed by atoms with Gasteiger partial charge in [0, 0.05) is 0 Å². The van der Waals surface area contributed by atoms with Gasteiger partial charge in [0.1, 0.15) is 13.2 Å². The van der Waals surface area contributed by atoms with Gasteiger partial charge in [0.05, 0.1) is 104 Å². The lowest BCUT2D eigenvalue weighted by Gasteiger charge is -2.08. The van der Waals surface area contributed by atoms with Gasteiger partial charge in [0.2, 0.25) is 0 Å². The van der Waals surface area contributed by atoms with Crippen LogP contribution in [0.4, 0.5) is 0 Å². The Hall–Kier alpha value is -2.16. The van der Waals surface area contributed by atoms with E-state index in [2.05, 4.69) is 0 Å². The lowest BCUT2D eigenvalue weighted by molar-refractivity contribution is -0.00335. The molecule has 0 bridgehead atoms. The van der Waals surface area contributed by atoms with Crippen LogP contribution < -0.4 is 0 Å². The minimum atomic E-state index is -0.522. The first-order valence-electron chi connectivity index (χ1n) is 11.8. The maximum atomic E-state index is 12.1. The Labute approximate surface area is 211 Å². The number of esters is 2. The summed E-state index contributed by atoms with van der Waals surface area (Å²) in [6, 6.07) is 5.96. The first kappa shape index (κ1) is 31.9. The fraction of sp³-hybridized carbons (Fsp3) is 0.667. The lowest BCUT2D eigenvalue weighted by atomic mass is 10.1. The van der Waals surface area contributed by atoms with Crippen LogP contribution in [0.25, 0.3) is 0 Å². The molecule has 0 unspecified atom stereocenters. The Balaban J connectivity index is 2.04. The summed E-state index contributed by atoms with van der Waals surface area (Å²) in [5.74, 6) is -1.04. The minimum Gasteiger partial charge on any atom is -0.460 e. The first-order chi connectivity index (χ1) is 17.7. The molecule has 12 nitrogen and oxygen atoms in total. The number of rotatable bonds is 24. The van der Waals surface area contributed by atoms with Crippen LogP contribution in [0.5, 0.6) is 0 Å². The molecule has 0 spiro atoms. The highest BCUT2D eigenvalue weighted by atomic mass is 16.6. The van der Waals surface area contributed by atoms with Crippen LogP contribution in [0.2, 0.25) is 0 Å². The molecular formula is C24H38O12. The summed E-state index contributed by atoms with van der Waals surface area (Å²) in [5, 5.41) is 17.1. The van der Waals surface area contributed by atoms with Crippen molar-refractivity contribution in [1.82, 2.24) is 0 Å². The van der Waals surface area contributed by atoms with Crippen molar-refractivity contribution in [3.05, 3.63) is 35.4 Å². The van der Waals surface area contributed by atoms with Crippen molar-refractivity contribution < 1.29 is 57.7 Å². The molecule has 36 heavy (non-hydrogen) atoms. The Kier molecular flexibility index (Phi) is 20.6. The molecule has 0 heterocycles. The molecule has 12 heteroatoms. The topological polar surface area (TPSA) is 148 Å². The summed E-state index contributed by atoms with van der Waals surface area (Å²) in [7, 11) is 0. The van der Waals surface area contributed by atoms with Gasteiger partial charge < -0.3 is 48.1 Å². The van der Waals surface area contributed by atoms with Crippen LogP contribution in [0.15, 0.2) is 24.3 Å². The largest absolute Gasteiger partial charge is 0.460 e. The third-order valence-corrected chi connectivity index (χ3v) is 4.24. The number of benzene rings is 1. The molecule has 1 rings (SSSR count). The molecule has 0 amide bonds. The van der Waals surface area contributed by atoms with Gasteiger partial charge in [-0.15, -0.1) is 0 Å². The highest BCUT2D eigenvalue weighted by Gasteiger charge is 2.11. The molecule has 0 aliphatic rings. The molecule has 1 aromatic carbocycles. The number of carbonyl (C=O) groups excluding carboxylic acids is 2. The van der Waals surface area contributed by atoms with E-state index >= 15 is 0 Å². The van der Waals surface area contributed by atoms with Crippen molar-refractivity contribution in [3.8, 4) is 0 Å².